The van der Waals surface area contributed by atoms with E-state index in [0.717, 1.165) is 25.0 Å². The van der Waals surface area contributed by atoms with E-state index in [1.54, 1.807) is 11.9 Å². The van der Waals surface area contributed by atoms with Gasteiger partial charge in [-0.1, -0.05) is 24.3 Å². The van der Waals surface area contributed by atoms with Crippen LogP contribution in [0.1, 0.15) is 23.6 Å². The zero-order valence-corrected chi connectivity index (χ0v) is 13.6. The zero-order chi connectivity index (χ0) is 16.4. The van der Waals surface area contributed by atoms with Gasteiger partial charge in [-0.3, -0.25) is 4.79 Å². The molecule has 1 amide bonds. The topological polar surface area (TPSA) is 20.3 Å². The molecule has 2 nitrogen and oxygen atoms in total. The van der Waals surface area contributed by atoms with Crippen LogP contribution in [0.3, 0.4) is 0 Å². The van der Waals surface area contributed by atoms with Gasteiger partial charge in [0.1, 0.15) is 0 Å². The van der Waals surface area contributed by atoms with E-state index < -0.39 is 11.6 Å². The normalized spacial score (nSPS) is 16.2. The number of aryl methyl sites for hydroxylation is 1. The lowest BCUT2D eigenvalue weighted by Crippen LogP contribution is -2.31. The van der Waals surface area contributed by atoms with Gasteiger partial charge in [-0.2, -0.15) is 0 Å². The van der Waals surface area contributed by atoms with Crippen LogP contribution >= 0.6 is 11.8 Å². The van der Waals surface area contributed by atoms with Crippen molar-refractivity contribution in [2.75, 3.05) is 12.8 Å². The van der Waals surface area contributed by atoms with E-state index in [0.29, 0.717) is 4.90 Å². The predicted octanol–water partition coefficient (Wildman–Crippen LogP) is 4.20. The summed E-state index contributed by atoms with van der Waals surface area (Å²) in [6, 6.07) is 12.0. The maximum Gasteiger partial charge on any atom is 0.233 e. The Morgan fingerprint density at radius 1 is 1.22 bits per heavy atom. The van der Waals surface area contributed by atoms with Crippen molar-refractivity contribution in [1.82, 2.24) is 4.90 Å². The van der Waals surface area contributed by atoms with Crippen molar-refractivity contribution in [3.8, 4) is 0 Å². The number of halogens is 2. The van der Waals surface area contributed by atoms with Gasteiger partial charge in [0.15, 0.2) is 11.6 Å². The smallest absolute Gasteiger partial charge is 0.233 e. The molecule has 0 heterocycles. The molecule has 2 aromatic carbocycles. The number of nitrogens with zero attached hydrogens (tertiary/aromatic N) is 1. The third-order valence-electron chi connectivity index (χ3n) is 4.22. The van der Waals surface area contributed by atoms with E-state index in [-0.39, 0.29) is 17.7 Å². The number of carbonyl (C=O) groups is 1. The van der Waals surface area contributed by atoms with Gasteiger partial charge in [-0.25, -0.2) is 8.78 Å². The Kier molecular flexibility index (Phi) is 4.66. The maximum absolute atomic E-state index is 13.2. The molecule has 0 N–H and O–H groups in total. The first-order valence-electron chi connectivity index (χ1n) is 7.47. The number of fused-ring (bicyclic) bond motifs is 1. The summed E-state index contributed by atoms with van der Waals surface area (Å²) in [4.78, 5) is 14.7. The minimum atomic E-state index is -0.888. The minimum absolute atomic E-state index is 0.0126. The maximum atomic E-state index is 13.2. The molecule has 0 fully saturated rings. The van der Waals surface area contributed by atoms with E-state index in [1.165, 1.54) is 29.0 Å². The monoisotopic (exact) mass is 333 g/mol. The van der Waals surface area contributed by atoms with Crippen LogP contribution in [0, 0.1) is 11.6 Å². The standard InChI is InChI=1S/C18H17F2NOS/c1-21(17-9-6-12-4-2-3-5-14(12)17)18(22)11-23-13-7-8-15(19)16(20)10-13/h2-5,7-8,10,17H,6,9,11H2,1H3/t17-/m0/s1. The largest absolute Gasteiger partial charge is 0.338 e. The lowest BCUT2D eigenvalue weighted by atomic mass is 10.1. The first-order valence-corrected chi connectivity index (χ1v) is 8.46. The van der Waals surface area contributed by atoms with Gasteiger partial charge in [-0.05, 0) is 42.2 Å². The molecule has 0 saturated carbocycles. The highest BCUT2D eigenvalue weighted by atomic mass is 32.2. The molecule has 0 bridgehead atoms. The van der Waals surface area contributed by atoms with E-state index in [9.17, 15) is 13.6 Å². The molecule has 23 heavy (non-hydrogen) atoms. The SMILES string of the molecule is CN(C(=O)CSc1ccc(F)c(F)c1)[C@H]1CCc2ccccc21. The van der Waals surface area contributed by atoms with Crippen LogP contribution in [-0.2, 0) is 11.2 Å². The summed E-state index contributed by atoms with van der Waals surface area (Å²) in [7, 11) is 1.81. The Hall–Kier alpha value is -1.88. The van der Waals surface area contributed by atoms with Crippen LogP contribution in [0.4, 0.5) is 8.78 Å². The van der Waals surface area contributed by atoms with E-state index in [4.69, 9.17) is 0 Å². The quantitative estimate of drug-likeness (QED) is 0.782. The van der Waals surface area contributed by atoms with Crippen LogP contribution in [0.2, 0.25) is 0 Å². The molecule has 0 saturated heterocycles. The molecule has 3 rings (SSSR count). The molecular formula is C18H17F2NOS. The van der Waals surface area contributed by atoms with Gasteiger partial charge < -0.3 is 4.90 Å². The number of carbonyl (C=O) groups excluding carboxylic acids is 1. The molecule has 2 aromatic rings. The molecule has 0 aliphatic heterocycles. The summed E-state index contributed by atoms with van der Waals surface area (Å²) in [5, 5.41) is 0. The fraction of sp³-hybridized carbons (Fsp3) is 0.278. The van der Waals surface area contributed by atoms with Crippen molar-refractivity contribution in [2.45, 2.75) is 23.8 Å². The average Bonchev–Trinajstić information content (AvgIpc) is 2.99. The molecule has 0 spiro atoms. The van der Waals surface area contributed by atoms with Gasteiger partial charge in [0.05, 0.1) is 11.8 Å². The number of thioether (sulfide) groups is 1. The zero-order valence-electron chi connectivity index (χ0n) is 12.8. The first kappa shape index (κ1) is 16.0. The van der Waals surface area contributed by atoms with Crippen molar-refractivity contribution in [2.24, 2.45) is 0 Å². The Morgan fingerprint density at radius 2 is 2.00 bits per heavy atom. The highest BCUT2D eigenvalue weighted by Crippen LogP contribution is 2.35. The lowest BCUT2D eigenvalue weighted by molar-refractivity contribution is -0.129. The summed E-state index contributed by atoms with van der Waals surface area (Å²) >= 11 is 1.22. The van der Waals surface area contributed by atoms with Gasteiger partial charge >= 0.3 is 0 Å². The van der Waals surface area contributed by atoms with E-state index in [1.807, 2.05) is 12.1 Å². The highest BCUT2D eigenvalue weighted by molar-refractivity contribution is 8.00. The Bertz CT molecular complexity index is 735. The second kappa shape index (κ2) is 6.71. The van der Waals surface area contributed by atoms with Crippen molar-refractivity contribution in [3.05, 3.63) is 65.2 Å². The Balaban J connectivity index is 1.63. The molecule has 1 aliphatic rings. The molecule has 0 radical (unpaired) electrons. The number of hydrogen-bond acceptors (Lipinski definition) is 2. The molecule has 1 aliphatic carbocycles. The van der Waals surface area contributed by atoms with E-state index >= 15 is 0 Å². The predicted molar refractivity (Wildman–Crippen MR) is 87.4 cm³/mol. The van der Waals surface area contributed by atoms with Crippen molar-refractivity contribution >= 4 is 17.7 Å². The molecule has 120 valence electrons. The van der Waals surface area contributed by atoms with Crippen LogP contribution in [0.5, 0.6) is 0 Å². The lowest BCUT2D eigenvalue weighted by Gasteiger charge is -2.25. The fourth-order valence-corrected chi connectivity index (χ4v) is 3.77. The molecular weight excluding hydrogens is 316 g/mol. The number of rotatable bonds is 4. The number of benzene rings is 2. The number of amides is 1. The Labute approximate surface area is 138 Å². The van der Waals surface area contributed by atoms with Gasteiger partial charge in [0.25, 0.3) is 0 Å². The summed E-state index contributed by atoms with van der Waals surface area (Å²) in [6.07, 6.45) is 1.91. The number of hydrogen-bond donors (Lipinski definition) is 0. The summed E-state index contributed by atoms with van der Waals surface area (Å²) in [6.45, 7) is 0. The summed E-state index contributed by atoms with van der Waals surface area (Å²) in [5.74, 6) is -1.57. The molecule has 0 aromatic heterocycles. The van der Waals surface area contributed by atoms with Gasteiger partial charge in [0.2, 0.25) is 5.91 Å². The van der Waals surface area contributed by atoms with E-state index in [2.05, 4.69) is 12.1 Å². The first-order chi connectivity index (χ1) is 11.1. The van der Waals surface area contributed by atoms with Crippen LogP contribution in [0.15, 0.2) is 47.4 Å². The van der Waals surface area contributed by atoms with Crippen molar-refractivity contribution in [1.29, 1.82) is 0 Å². The van der Waals surface area contributed by atoms with Crippen LogP contribution in [0.25, 0.3) is 0 Å². The third kappa shape index (κ3) is 3.39. The second-order valence-corrected chi connectivity index (χ2v) is 6.67. The molecule has 0 unspecified atom stereocenters. The summed E-state index contributed by atoms with van der Waals surface area (Å²) in [5.41, 5.74) is 2.51. The summed E-state index contributed by atoms with van der Waals surface area (Å²) < 4.78 is 26.1. The van der Waals surface area contributed by atoms with Crippen LogP contribution < -0.4 is 0 Å². The fourth-order valence-electron chi connectivity index (χ4n) is 2.92. The van der Waals surface area contributed by atoms with Gasteiger partial charge in [0, 0.05) is 11.9 Å². The average molecular weight is 333 g/mol. The third-order valence-corrected chi connectivity index (χ3v) is 5.19. The highest BCUT2D eigenvalue weighted by Gasteiger charge is 2.28. The minimum Gasteiger partial charge on any atom is -0.338 e. The van der Waals surface area contributed by atoms with Gasteiger partial charge in [-0.15, -0.1) is 11.8 Å². The van der Waals surface area contributed by atoms with Crippen molar-refractivity contribution < 1.29 is 13.6 Å². The second-order valence-electron chi connectivity index (χ2n) is 5.62. The van der Waals surface area contributed by atoms with Crippen LogP contribution in [-0.4, -0.2) is 23.6 Å². The molecule has 5 heteroatoms. The van der Waals surface area contributed by atoms with Crippen molar-refractivity contribution in [3.63, 3.8) is 0 Å². The molecule has 1 atom stereocenters. The Morgan fingerprint density at radius 3 is 2.78 bits per heavy atom.